The molecular weight excluding hydrogens is 310 g/mol. The van der Waals surface area contributed by atoms with Gasteiger partial charge in [-0.3, -0.25) is 14.8 Å². The van der Waals surface area contributed by atoms with Crippen LogP contribution in [0.1, 0.15) is 22.5 Å². The molecule has 2 rings (SSSR count). The third kappa shape index (κ3) is 2.53. The zero-order valence-corrected chi connectivity index (χ0v) is 12.6. The maximum Gasteiger partial charge on any atom is 0.283 e. The van der Waals surface area contributed by atoms with Gasteiger partial charge in [-0.2, -0.15) is 5.10 Å². The zero-order valence-electron chi connectivity index (χ0n) is 11.0. The van der Waals surface area contributed by atoms with Gasteiger partial charge < -0.3 is 0 Å². The number of benzene rings is 1. The van der Waals surface area contributed by atoms with Gasteiger partial charge >= 0.3 is 0 Å². The summed E-state index contributed by atoms with van der Waals surface area (Å²) in [7, 11) is 0. The molecule has 0 unspecified atom stereocenters. The minimum Gasteiger partial charge on any atom is -0.265 e. The maximum absolute atomic E-state index is 10.9. The summed E-state index contributed by atoms with van der Waals surface area (Å²) in [4.78, 5) is 10.5. The molecule has 0 saturated carbocycles. The van der Waals surface area contributed by atoms with E-state index in [4.69, 9.17) is 0 Å². The highest BCUT2D eigenvalue weighted by molar-refractivity contribution is 9.10. The molecule has 0 aliphatic carbocycles. The van der Waals surface area contributed by atoms with Gasteiger partial charge in [0.2, 0.25) is 0 Å². The Morgan fingerprint density at radius 3 is 2.58 bits per heavy atom. The Morgan fingerprint density at radius 2 is 2.05 bits per heavy atom. The average Bonchev–Trinajstić information content (AvgIpc) is 2.59. The van der Waals surface area contributed by atoms with Gasteiger partial charge in [-0.1, -0.05) is 12.1 Å². The topological polar surface area (TPSA) is 61.0 Å². The van der Waals surface area contributed by atoms with Crippen LogP contribution in [0.4, 0.5) is 5.69 Å². The highest BCUT2D eigenvalue weighted by Gasteiger charge is 2.16. The fraction of sp³-hybridized carbons (Fsp3) is 0.308. The first-order valence-corrected chi connectivity index (χ1v) is 6.63. The second kappa shape index (κ2) is 5.13. The minimum absolute atomic E-state index is 0.0794. The van der Waals surface area contributed by atoms with Crippen molar-refractivity contribution in [1.29, 1.82) is 0 Å². The molecule has 6 heteroatoms. The fourth-order valence-corrected chi connectivity index (χ4v) is 2.47. The smallest absolute Gasteiger partial charge is 0.265 e. The predicted molar refractivity (Wildman–Crippen MR) is 76.3 cm³/mol. The number of aryl methyl sites for hydroxylation is 1. The van der Waals surface area contributed by atoms with Crippen LogP contribution in [0.15, 0.2) is 22.7 Å². The summed E-state index contributed by atoms with van der Waals surface area (Å²) in [6.07, 6.45) is 0. The fourth-order valence-electron chi connectivity index (χ4n) is 1.93. The van der Waals surface area contributed by atoms with E-state index in [0.29, 0.717) is 11.0 Å². The van der Waals surface area contributed by atoms with Crippen molar-refractivity contribution in [3.8, 4) is 0 Å². The van der Waals surface area contributed by atoms with Gasteiger partial charge in [0.25, 0.3) is 5.69 Å². The Morgan fingerprint density at radius 1 is 1.37 bits per heavy atom. The molecule has 5 nitrogen and oxygen atoms in total. The predicted octanol–water partition coefficient (Wildman–Crippen LogP) is 3.53. The Balaban J connectivity index is 2.41. The Hall–Kier alpha value is -1.69. The number of rotatable bonds is 3. The van der Waals surface area contributed by atoms with Crippen molar-refractivity contribution in [3.63, 3.8) is 0 Å². The van der Waals surface area contributed by atoms with E-state index in [0.717, 1.165) is 22.5 Å². The van der Waals surface area contributed by atoms with Crippen LogP contribution in [-0.4, -0.2) is 14.7 Å². The summed E-state index contributed by atoms with van der Waals surface area (Å²) in [5, 5.41) is 15.4. The average molecular weight is 324 g/mol. The second-order valence-electron chi connectivity index (χ2n) is 4.46. The molecule has 0 amide bonds. The molecule has 1 aromatic carbocycles. The van der Waals surface area contributed by atoms with E-state index in [1.807, 2.05) is 31.5 Å². The van der Waals surface area contributed by atoms with Crippen LogP contribution in [0.5, 0.6) is 0 Å². The zero-order chi connectivity index (χ0) is 14.2. The quantitative estimate of drug-likeness (QED) is 0.641. The first-order chi connectivity index (χ1) is 8.91. The number of hydrogen-bond donors (Lipinski definition) is 0. The molecule has 0 atom stereocenters. The lowest BCUT2D eigenvalue weighted by Crippen LogP contribution is -2.05. The summed E-state index contributed by atoms with van der Waals surface area (Å²) in [5.41, 5.74) is 4.15. The van der Waals surface area contributed by atoms with E-state index < -0.39 is 0 Å². The van der Waals surface area contributed by atoms with Gasteiger partial charge in [-0.25, -0.2) is 0 Å². The summed E-state index contributed by atoms with van der Waals surface area (Å²) in [6, 6.07) is 5.04. The van der Waals surface area contributed by atoms with Gasteiger partial charge in [0, 0.05) is 11.8 Å². The van der Waals surface area contributed by atoms with E-state index in [1.165, 1.54) is 6.07 Å². The van der Waals surface area contributed by atoms with Crippen molar-refractivity contribution in [2.24, 2.45) is 0 Å². The highest BCUT2D eigenvalue weighted by Crippen LogP contribution is 2.29. The molecule has 100 valence electrons. The van der Waals surface area contributed by atoms with E-state index >= 15 is 0 Å². The van der Waals surface area contributed by atoms with E-state index in [9.17, 15) is 10.1 Å². The number of nitrogens with zero attached hydrogens (tertiary/aromatic N) is 3. The van der Waals surface area contributed by atoms with Gasteiger partial charge in [-0.15, -0.1) is 0 Å². The molecule has 1 aromatic heterocycles. The number of hydrogen-bond acceptors (Lipinski definition) is 3. The minimum atomic E-state index is -0.389. The van der Waals surface area contributed by atoms with Crippen LogP contribution >= 0.6 is 15.9 Å². The lowest BCUT2D eigenvalue weighted by Gasteiger charge is -2.07. The van der Waals surface area contributed by atoms with Gasteiger partial charge in [0.15, 0.2) is 0 Å². The largest absolute Gasteiger partial charge is 0.283 e. The number of nitro benzene ring substituents is 1. The van der Waals surface area contributed by atoms with Crippen LogP contribution in [-0.2, 0) is 6.54 Å². The molecule has 2 aromatic rings. The number of nitro groups is 1. The lowest BCUT2D eigenvalue weighted by molar-refractivity contribution is -0.385. The van der Waals surface area contributed by atoms with Gasteiger partial charge in [0.1, 0.15) is 4.47 Å². The Kier molecular flexibility index (Phi) is 3.71. The third-order valence-corrected chi connectivity index (χ3v) is 4.23. The first kappa shape index (κ1) is 13.7. The van der Waals surface area contributed by atoms with Crippen molar-refractivity contribution < 1.29 is 4.92 Å². The van der Waals surface area contributed by atoms with Crippen molar-refractivity contribution in [1.82, 2.24) is 9.78 Å². The molecule has 0 N–H and O–H groups in total. The van der Waals surface area contributed by atoms with Crippen molar-refractivity contribution in [3.05, 3.63) is 55.3 Å². The van der Waals surface area contributed by atoms with E-state index in [1.54, 1.807) is 6.07 Å². The van der Waals surface area contributed by atoms with Crippen LogP contribution < -0.4 is 0 Å². The van der Waals surface area contributed by atoms with Crippen LogP contribution in [0.3, 0.4) is 0 Å². The summed E-state index contributed by atoms with van der Waals surface area (Å²) < 4.78 is 2.39. The van der Waals surface area contributed by atoms with Crippen LogP contribution in [0, 0.1) is 30.9 Å². The molecular formula is C13H14BrN3O2. The molecule has 0 saturated heterocycles. The SMILES string of the molecule is Cc1nn(Cc2cccc([N+](=O)[O-])c2Br)c(C)c1C. The second-order valence-corrected chi connectivity index (χ2v) is 5.25. The number of aromatic nitrogens is 2. The summed E-state index contributed by atoms with van der Waals surface area (Å²) in [5.74, 6) is 0. The molecule has 0 aliphatic rings. The van der Waals surface area contributed by atoms with Crippen LogP contribution in [0.2, 0.25) is 0 Å². The van der Waals surface area contributed by atoms with Crippen LogP contribution in [0.25, 0.3) is 0 Å². The van der Waals surface area contributed by atoms with E-state index in [2.05, 4.69) is 21.0 Å². The van der Waals surface area contributed by atoms with Gasteiger partial charge in [0.05, 0.1) is 17.2 Å². The lowest BCUT2D eigenvalue weighted by atomic mass is 10.2. The molecule has 0 aliphatic heterocycles. The number of halogens is 1. The summed E-state index contributed by atoms with van der Waals surface area (Å²) in [6.45, 7) is 6.50. The molecule has 0 radical (unpaired) electrons. The first-order valence-electron chi connectivity index (χ1n) is 5.84. The summed E-state index contributed by atoms with van der Waals surface area (Å²) >= 11 is 3.31. The molecule has 0 spiro atoms. The van der Waals surface area contributed by atoms with Crippen molar-refractivity contribution in [2.75, 3.05) is 0 Å². The van der Waals surface area contributed by atoms with Gasteiger partial charge in [-0.05, 0) is 47.8 Å². The molecule has 0 fully saturated rings. The molecule has 0 bridgehead atoms. The molecule has 19 heavy (non-hydrogen) atoms. The third-order valence-electron chi connectivity index (χ3n) is 3.32. The monoisotopic (exact) mass is 323 g/mol. The highest BCUT2D eigenvalue weighted by atomic mass is 79.9. The Labute approximate surface area is 119 Å². The molecule has 1 heterocycles. The standard InChI is InChI=1S/C13H14BrN3O2/c1-8-9(2)15-16(10(8)3)7-11-5-4-6-12(13(11)14)17(18)19/h4-6H,7H2,1-3H3. The normalized spacial score (nSPS) is 10.7. The van der Waals surface area contributed by atoms with Crippen molar-refractivity contribution >= 4 is 21.6 Å². The maximum atomic E-state index is 10.9. The van der Waals surface area contributed by atoms with E-state index in [-0.39, 0.29) is 10.6 Å². The van der Waals surface area contributed by atoms with Crippen molar-refractivity contribution in [2.45, 2.75) is 27.3 Å². The Bertz CT molecular complexity index is 650.